The second-order valence-electron chi connectivity index (χ2n) is 5.68. The zero-order chi connectivity index (χ0) is 12.4. The van der Waals surface area contributed by atoms with E-state index in [0.717, 1.165) is 29.0 Å². The Kier molecular flexibility index (Phi) is 3.65. The van der Waals surface area contributed by atoms with Gasteiger partial charge in [-0.3, -0.25) is 4.98 Å². The summed E-state index contributed by atoms with van der Waals surface area (Å²) in [5.74, 6) is 2.56. The highest BCUT2D eigenvalue weighted by molar-refractivity contribution is 5.34. The van der Waals surface area contributed by atoms with Crippen LogP contribution in [0.15, 0.2) is 6.20 Å². The molecule has 1 saturated carbocycles. The Balaban J connectivity index is 2.02. The number of aromatic nitrogens is 2. The lowest BCUT2D eigenvalue weighted by Gasteiger charge is -2.32. The van der Waals surface area contributed by atoms with Crippen LogP contribution in [0.3, 0.4) is 0 Å². The van der Waals surface area contributed by atoms with E-state index < -0.39 is 0 Å². The fourth-order valence-electron chi connectivity index (χ4n) is 2.89. The van der Waals surface area contributed by atoms with Crippen molar-refractivity contribution in [1.82, 2.24) is 9.97 Å². The second kappa shape index (κ2) is 5.03. The second-order valence-corrected chi connectivity index (χ2v) is 5.68. The van der Waals surface area contributed by atoms with Gasteiger partial charge in [-0.05, 0) is 44.9 Å². The largest absolute Gasteiger partial charge is 0.366 e. The molecule has 3 heteroatoms. The number of aryl methyl sites for hydroxylation is 2. The SMILES string of the molecule is Cc1ncc(NC2CC(C)CC(C)C2)nc1C. The lowest BCUT2D eigenvalue weighted by Crippen LogP contribution is -2.30. The van der Waals surface area contributed by atoms with Crippen molar-refractivity contribution in [3.63, 3.8) is 0 Å². The smallest absolute Gasteiger partial charge is 0.145 e. The van der Waals surface area contributed by atoms with Crippen molar-refractivity contribution in [2.75, 3.05) is 5.32 Å². The Hall–Kier alpha value is -1.12. The summed E-state index contributed by atoms with van der Waals surface area (Å²) >= 11 is 0. The Labute approximate surface area is 104 Å². The van der Waals surface area contributed by atoms with Crippen molar-refractivity contribution in [2.45, 2.75) is 53.0 Å². The van der Waals surface area contributed by atoms with Crippen LogP contribution < -0.4 is 5.32 Å². The van der Waals surface area contributed by atoms with Gasteiger partial charge in [0.2, 0.25) is 0 Å². The minimum absolute atomic E-state index is 0.560. The van der Waals surface area contributed by atoms with Crippen LogP contribution in [0.2, 0.25) is 0 Å². The quantitative estimate of drug-likeness (QED) is 0.851. The Morgan fingerprint density at radius 2 is 1.71 bits per heavy atom. The third-order valence-corrected chi connectivity index (χ3v) is 3.72. The number of anilines is 1. The zero-order valence-electron chi connectivity index (χ0n) is 11.3. The van der Waals surface area contributed by atoms with Crippen molar-refractivity contribution >= 4 is 5.82 Å². The van der Waals surface area contributed by atoms with Crippen LogP contribution in [0.5, 0.6) is 0 Å². The van der Waals surface area contributed by atoms with Crippen LogP contribution >= 0.6 is 0 Å². The molecule has 1 aliphatic carbocycles. The Morgan fingerprint density at radius 1 is 1.06 bits per heavy atom. The molecule has 0 radical (unpaired) electrons. The molecule has 0 bridgehead atoms. The van der Waals surface area contributed by atoms with Crippen LogP contribution in [-0.2, 0) is 0 Å². The maximum atomic E-state index is 4.54. The summed E-state index contributed by atoms with van der Waals surface area (Å²) in [6, 6.07) is 0.560. The molecule has 2 rings (SSSR count). The summed E-state index contributed by atoms with van der Waals surface area (Å²) in [6.07, 6.45) is 5.71. The maximum Gasteiger partial charge on any atom is 0.145 e. The van der Waals surface area contributed by atoms with Crippen LogP contribution in [0.25, 0.3) is 0 Å². The fourth-order valence-corrected chi connectivity index (χ4v) is 2.89. The zero-order valence-corrected chi connectivity index (χ0v) is 11.3. The molecular weight excluding hydrogens is 210 g/mol. The van der Waals surface area contributed by atoms with E-state index in [4.69, 9.17) is 0 Å². The van der Waals surface area contributed by atoms with Crippen molar-refractivity contribution in [1.29, 1.82) is 0 Å². The lowest BCUT2D eigenvalue weighted by atomic mass is 9.80. The first-order valence-electron chi connectivity index (χ1n) is 6.61. The molecule has 1 N–H and O–H groups in total. The van der Waals surface area contributed by atoms with E-state index in [2.05, 4.69) is 29.1 Å². The molecule has 0 saturated heterocycles. The molecule has 3 nitrogen and oxygen atoms in total. The summed E-state index contributed by atoms with van der Waals surface area (Å²) in [5, 5.41) is 3.54. The summed E-state index contributed by atoms with van der Waals surface area (Å²) in [6.45, 7) is 8.70. The normalized spacial score (nSPS) is 29.1. The molecular formula is C14H23N3. The van der Waals surface area contributed by atoms with E-state index in [-0.39, 0.29) is 0 Å². The van der Waals surface area contributed by atoms with Gasteiger partial charge in [-0.1, -0.05) is 13.8 Å². The number of hydrogen-bond acceptors (Lipinski definition) is 3. The molecule has 0 amide bonds. The van der Waals surface area contributed by atoms with Gasteiger partial charge in [-0.15, -0.1) is 0 Å². The minimum atomic E-state index is 0.560. The molecule has 17 heavy (non-hydrogen) atoms. The maximum absolute atomic E-state index is 4.54. The van der Waals surface area contributed by atoms with Gasteiger partial charge in [-0.2, -0.15) is 0 Å². The average Bonchev–Trinajstić information content (AvgIpc) is 2.22. The topological polar surface area (TPSA) is 37.8 Å². The molecule has 0 aromatic carbocycles. The third-order valence-electron chi connectivity index (χ3n) is 3.72. The summed E-state index contributed by atoms with van der Waals surface area (Å²) in [4.78, 5) is 8.90. The third kappa shape index (κ3) is 3.18. The molecule has 0 spiro atoms. The van der Waals surface area contributed by atoms with Gasteiger partial charge in [0.05, 0.1) is 17.6 Å². The Morgan fingerprint density at radius 3 is 2.29 bits per heavy atom. The first-order valence-corrected chi connectivity index (χ1v) is 6.61. The number of hydrogen-bond donors (Lipinski definition) is 1. The monoisotopic (exact) mass is 233 g/mol. The van der Waals surface area contributed by atoms with E-state index >= 15 is 0 Å². The van der Waals surface area contributed by atoms with E-state index in [0.29, 0.717) is 6.04 Å². The average molecular weight is 233 g/mol. The predicted octanol–water partition coefficient (Wildman–Crippen LogP) is 3.33. The van der Waals surface area contributed by atoms with E-state index in [1.54, 1.807) is 0 Å². The highest BCUT2D eigenvalue weighted by Gasteiger charge is 2.23. The molecule has 94 valence electrons. The Bertz CT molecular complexity index is 379. The van der Waals surface area contributed by atoms with Gasteiger partial charge in [0.1, 0.15) is 5.82 Å². The molecule has 2 unspecified atom stereocenters. The van der Waals surface area contributed by atoms with Crippen LogP contribution in [0.4, 0.5) is 5.82 Å². The number of rotatable bonds is 2. The highest BCUT2D eigenvalue weighted by Crippen LogP contribution is 2.30. The van der Waals surface area contributed by atoms with Crippen LogP contribution in [0.1, 0.15) is 44.5 Å². The van der Waals surface area contributed by atoms with Gasteiger partial charge < -0.3 is 5.32 Å². The van der Waals surface area contributed by atoms with Crippen molar-refractivity contribution < 1.29 is 0 Å². The molecule has 1 aromatic heterocycles. The highest BCUT2D eigenvalue weighted by atomic mass is 15.0. The standard InChI is InChI=1S/C14H23N3/c1-9-5-10(2)7-13(6-9)17-14-8-15-11(3)12(4)16-14/h8-10,13H,5-7H2,1-4H3,(H,16,17). The number of nitrogens with zero attached hydrogens (tertiary/aromatic N) is 2. The van der Waals surface area contributed by atoms with E-state index in [9.17, 15) is 0 Å². The lowest BCUT2D eigenvalue weighted by molar-refractivity contribution is 0.280. The molecule has 1 aromatic rings. The van der Waals surface area contributed by atoms with Gasteiger partial charge >= 0.3 is 0 Å². The number of nitrogens with one attached hydrogen (secondary N) is 1. The van der Waals surface area contributed by atoms with Crippen molar-refractivity contribution in [3.8, 4) is 0 Å². The molecule has 1 heterocycles. The van der Waals surface area contributed by atoms with E-state index in [1.807, 2.05) is 20.0 Å². The first kappa shape index (κ1) is 12.3. The van der Waals surface area contributed by atoms with Gasteiger partial charge in [0, 0.05) is 6.04 Å². The van der Waals surface area contributed by atoms with E-state index in [1.165, 1.54) is 19.3 Å². The molecule has 1 fully saturated rings. The van der Waals surface area contributed by atoms with Gasteiger partial charge in [0.25, 0.3) is 0 Å². The summed E-state index contributed by atoms with van der Waals surface area (Å²) in [5.41, 5.74) is 2.04. The predicted molar refractivity (Wildman–Crippen MR) is 71.1 cm³/mol. The fraction of sp³-hybridized carbons (Fsp3) is 0.714. The minimum Gasteiger partial charge on any atom is -0.366 e. The van der Waals surface area contributed by atoms with Crippen LogP contribution in [0, 0.1) is 25.7 Å². The van der Waals surface area contributed by atoms with Gasteiger partial charge in [0.15, 0.2) is 0 Å². The van der Waals surface area contributed by atoms with Crippen molar-refractivity contribution in [2.24, 2.45) is 11.8 Å². The summed E-state index contributed by atoms with van der Waals surface area (Å²) in [7, 11) is 0. The molecule has 2 atom stereocenters. The molecule has 1 aliphatic rings. The molecule has 0 aliphatic heterocycles. The first-order chi connectivity index (χ1) is 8.04. The van der Waals surface area contributed by atoms with Crippen LogP contribution in [-0.4, -0.2) is 16.0 Å². The summed E-state index contributed by atoms with van der Waals surface area (Å²) < 4.78 is 0. The van der Waals surface area contributed by atoms with Gasteiger partial charge in [-0.25, -0.2) is 4.98 Å². The van der Waals surface area contributed by atoms with Crippen molar-refractivity contribution in [3.05, 3.63) is 17.6 Å².